The summed E-state index contributed by atoms with van der Waals surface area (Å²) in [6, 6.07) is 14.9. The highest BCUT2D eigenvalue weighted by Gasteiger charge is 2.57. The number of benzene rings is 2. The van der Waals surface area contributed by atoms with Gasteiger partial charge in [-0.15, -0.1) is 11.3 Å². The van der Waals surface area contributed by atoms with Crippen LogP contribution in [0.1, 0.15) is 61.3 Å². The zero-order valence-corrected chi connectivity index (χ0v) is 31.7. The van der Waals surface area contributed by atoms with E-state index in [0.717, 1.165) is 35.2 Å². The van der Waals surface area contributed by atoms with Gasteiger partial charge in [0.15, 0.2) is 0 Å². The number of rotatable bonds is 13. The number of carbonyl (C=O) groups is 2. The van der Waals surface area contributed by atoms with Crippen LogP contribution in [-0.4, -0.2) is 85.7 Å². The average molecular weight is 719 g/mol. The summed E-state index contributed by atoms with van der Waals surface area (Å²) >= 11 is 1.68. The van der Waals surface area contributed by atoms with Gasteiger partial charge in [-0.25, -0.2) is 0 Å². The number of para-hydroxylation sites is 1. The molecule has 1 saturated heterocycles. The lowest BCUT2D eigenvalue weighted by Crippen LogP contribution is -2.62. The maximum absolute atomic E-state index is 14.2. The van der Waals surface area contributed by atoms with Gasteiger partial charge in [0.05, 0.1) is 26.4 Å². The number of aliphatic hydroxyl groups is 2. The van der Waals surface area contributed by atoms with E-state index < -0.39 is 24.2 Å². The summed E-state index contributed by atoms with van der Waals surface area (Å²) in [7, 11) is 5.49. The van der Waals surface area contributed by atoms with Gasteiger partial charge in [0.1, 0.15) is 17.9 Å². The van der Waals surface area contributed by atoms with E-state index in [1.807, 2.05) is 66.8 Å². The first-order chi connectivity index (χ1) is 24.3. The molecule has 3 saturated carbocycles. The Kier molecular flexibility index (Phi) is 11.1. The molecule has 4 fully saturated rings. The Morgan fingerprint density at radius 3 is 2.57 bits per heavy atom. The quantitative estimate of drug-likeness (QED) is 0.192. The van der Waals surface area contributed by atoms with E-state index in [1.54, 1.807) is 30.4 Å². The number of anilines is 1. The number of amides is 2. The first kappa shape index (κ1) is 37.3. The van der Waals surface area contributed by atoms with Crippen molar-refractivity contribution in [3.63, 3.8) is 0 Å². The van der Waals surface area contributed by atoms with Crippen LogP contribution in [0.15, 0.2) is 53.9 Å². The predicted molar refractivity (Wildman–Crippen MR) is 201 cm³/mol. The van der Waals surface area contributed by atoms with Gasteiger partial charge in [0.2, 0.25) is 5.91 Å². The lowest BCUT2D eigenvalue weighted by Gasteiger charge is -2.62. The predicted octanol–water partition coefficient (Wildman–Crippen LogP) is 5.12. The van der Waals surface area contributed by atoms with Gasteiger partial charge in [-0.3, -0.25) is 14.4 Å². The first-order valence-electron chi connectivity index (χ1n) is 18.2. The van der Waals surface area contributed by atoms with E-state index in [-0.39, 0.29) is 36.4 Å². The highest BCUT2D eigenvalue weighted by atomic mass is 32.1. The summed E-state index contributed by atoms with van der Waals surface area (Å²) < 4.78 is 6.05. The fourth-order valence-electron chi connectivity index (χ4n) is 8.84. The first-order valence-corrected chi connectivity index (χ1v) is 19.0. The lowest BCUT2D eigenvalue weighted by molar-refractivity contribution is -0.183. The summed E-state index contributed by atoms with van der Waals surface area (Å²) in [5.74, 6) is 1.08. The molecule has 2 bridgehead atoms. The van der Waals surface area contributed by atoms with E-state index in [2.05, 4.69) is 37.5 Å². The van der Waals surface area contributed by atoms with Crippen LogP contribution >= 0.6 is 11.3 Å². The summed E-state index contributed by atoms with van der Waals surface area (Å²) in [5, 5.41) is 31.3. The number of hydroxylamine groups is 2. The molecule has 0 unspecified atom stereocenters. The standard InChI is InChI=1S/C40H54N4O6S/c1-23-32-19-28(40(32,3)4)20-33(23)42-39(48)36-35(24(2)46)34(22-45)50-44(36)21-25-10-8-12-31(37(25)49-7)26-16-27(18-29(17-26)43(5)6)38(47)41-14-13-30-11-9-15-51-30/h8-12,15-18,23-24,28,32-36,45-46H,13-14,19-22H2,1-7H3,(H,41,47)(H,42,48)/t23-,24-,28+,32-,33-,34-,35+,36-/m0/s1. The van der Waals surface area contributed by atoms with E-state index in [1.165, 1.54) is 11.3 Å². The van der Waals surface area contributed by atoms with Crippen LogP contribution in [0.4, 0.5) is 5.69 Å². The van der Waals surface area contributed by atoms with Gasteiger partial charge in [0, 0.05) is 59.9 Å². The van der Waals surface area contributed by atoms with Crippen molar-refractivity contribution >= 4 is 28.8 Å². The summed E-state index contributed by atoms with van der Waals surface area (Å²) in [5.41, 5.74) is 4.06. The molecule has 0 spiro atoms. The third kappa shape index (κ3) is 7.41. The van der Waals surface area contributed by atoms with E-state index in [4.69, 9.17) is 9.57 Å². The number of nitrogens with zero attached hydrogens (tertiary/aromatic N) is 2. The van der Waals surface area contributed by atoms with Crippen molar-refractivity contribution in [3.05, 3.63) is 69.9 Å². The Morgan fingerprint density at radius 1 is 1.16 bits per heavy atom. The minimum atomic E-state index is -0.893. The highest BCUT2D eigenvalue weighted by Crippen LogP contribution is 2.61. The molecule has 7 rings (SSSR count). The number of methoxy groups -OCH3 is 1. The molecule has 8 atom stereocenters. The number of nitrogens with one attached hydrogen (secondary N) is 2. The Balaban J connectivity index is 1.26. The van der Waals surface area contributed by atoms with Crippen molar-refractivity contribution in [1.82, 2.24) is 15.7 Å². The lowest BCUT2D eigenvalue weighted by atomic mass is 9.45. The molecule has 11 heteroatoms. The summed E-state index contributed by atoms with van der Waals surface area (Å²) in [6.45, 7) is 8.94. The second-order valence-corrected chi connectivity index (χ2v) is 16.5. The molecule has 4 N–H and O–H groups in total. The largest absolute Gasteiger partial charge is 0.496 e. The Labute approximate surface area is 306 Å². The topological polar surface area (TPSA) is 124 Å². The van der Waals surface area contributed by atoms with Crippen molar-refractivity contribution in [2.75, 3.05) is 39.3 Å². The number of aliphatic hydroxyl groups excluding tert-OH is 2. The third-order valence-electron chi connectivity index (χ3n) is 11.9. The minimum absolute atomic E-state index is 0.0443. The zero-order chi connectivity index (χ0) is 36.6. The maximum Gasteiger partial charge on any atom is 0.251 e. The number of hydrogen-bond donors (Lipinski definition) is 4. The van der Waals surface area contributed by atoms with Crippen LogP contribution in [0.2, 0.25) is 0 Å². The number of carbonyl (C=O) groups excluding carboxylic acids is 2. The fraction of sp³-hybridized carbons (Fsp3) is 0.550. The Hall–Kier alpha value is -3.48. The molecule has 0 radical (unpaired) electrons. The molecule has 10 nitrogen and oxygen atoms in total. The third-order valence-corrected chi connectivity index (χ3v) is 12.9. The molecular weight excluding hydrogens is 665 g/mol. The average Bonchev–Trinajstić information content (AvgIpc) is 3.76. The molecule has 3 aliphatic carbocycles. The maximum atomic E-state index is 14.2. The van der Waals surface area contributed by atoms with Crippen molar-refractivity contribution in [1.29, 1.82) is 0 Å². The number of hydrogen-bond acceptors (Lipinski definition) is 9. The van der Waals surface area contributed by atoms with Gasteiger partial charge in [-0.05, 0) is 84.6 Å². The molecule has 276 valence electrons. The van der Waals surface area contributed by atoms with Crippen LogP contribution in [-0.2, 0) is 22.6 Å². The molecule has 51 heavy (non-hydrogen) atoms. The van der Waals surface area contributed by atoms with Crippen molar-refractivity contribution < 1.29 is 29.4 Å². The minimum Gasteiger partial charge on any atom is -0.496 e. The molecule has 2 amide bonds. The number of ether oxygens (including phenoxy) is 1. The number of thiophene rings is 1. The summed E-state index contributed by atoms with van der Waals surface area (Å²) in [4.78, 5) is 37.0. The van der Waals surface area contributed by atoms with Gasteiger partial charge in [0.25, 0.3) is 5.91 Å². The van der Waals surface area contributed by atoms with Crippen molar-refractivity contribution in [3.8, 4) is 16.9 Å². The normalized spacial score (nSPS) is 27.4. The van der Waals surface area contributed by atoms with Gasteiger partial charge >= 0.3 is 0 Å². The molecule has 4 aliphatic rings. The summed E-state index contributed by atoms with van der Waals surface area (Å²) in [6.07, 6.45) is 1.27. The zero-order valence-electron chi connectivity index (χ0n) is 30.9. The molecule has 2 heterocycles. The van der Waals surface area contributed by atoms with Crippen LogP contribution < -0.4 is 20.3 Å². The fourth-order valence-corrected chi connectivity index (χ4v) is 9.55. The number of fused-ring (bicyclic) bond motifs is 2. The van der Waals surface area contributed by atoms with Crippen LogP contribution in [0.3, 0.4) is 0 Å². The van der Waals surface area contributed by atoms with E-state index in [9.17, 15) is 19.8 Å². The molecular formula is C40H54N4O6S. The van der Waals surface area contributed by atoms with Crippen LogP contribution in [0.5, 0.6) is 5.75 Å². The smallest absolute Gasteiger partial charge is 0.251 e. The Bertz CT molecular complexity index is 1690. The Morgan fingerprint density at radius 2 is 1.94 bits per heavy atom. The SMILES string of the molecule is COc1c(CN2O[C@@H](CO)[C@@H]([C@H](C)O)[C@H]2C(=O)N[C@H]2C[C@H]3C[C@@H]([C@@H]2C)C3(C)C)cccc1-c1cc(C(=O)NCCc2cccs2)cc(N(C)C)c1. The molecule has 3 aromatic rings. The second-order valence-electron chi connectivity index (χ2n) is 15.5. The van der Waals surface area contributed by atoms with Crippen LogP contribution in [0, 0.1) is 29.1 Å². The molecule has 2 aromatic carbocycles. The van der Waals surface area contributed by atoms with E-state index in [0.29, 0.717) is 35.6 Å². The van der Waals surface area contributed by atoms with Gasteiger partial charge in [-0.2, -0.15) is 5.06 Å². The monoisotopic (exact) mass is 718 g/mol. The van der Waals surface area contributed by atoms with Gasteiger partial charge in [-0.1, -0.05) is 45.0 Å². The van der Waals surface area contributed by atoms with Crippen molar-refractivity contribution in [2.24, 2.45) is 29.1 Å². The van der Waals surface area contributed by atoms with Crippen LogP contribution in [0.25, 0.3) is 11.1 Å². The highest BCUT2D eigenvalue weighted by molar-refractivity contribution is 7.09. The van der Waals surface area contributed by atoms with Gasteiger partial charge < -0.3 is 30.5 Å². The molecule has 1 aromatic heterocycles. The molecule has 1 aliphatic heterocycles. The van der Waals surface area contributed by atoms with Crippen molar-refractivity contribution in [2.45, 2.75) is 77.8 Å². The van der Waals surface area contributed by atoms with E-state index >= 15 is 0 Å². The second kappa shape index (κ2) is 15.2.